The first-order valence-corrected chi connectivity index (χ1v) is 12.6. The molecular weight excluding hydrogens is 555 g/mol. The molecule has 10 heteroatoms. The molecule has 9 nitrogen and oxygen atoms in total. The van der Waals surface area contributed by atoms with Gasteiger partial charge in [0.1, 0.15) is 18.0 Å². The number of nitrogens with one attached hydrogen (secondary N) is 1. The standard InChI is InChI=1S/C24H31IN2O7/c1-2-19(29)24(32)27(14-16-6-5-11-33-16)18-12-15(23(31)26-9-10-28)13-21(22(18)30)34-20-8-4-3-7-17(20)25/h3-4,7-8,13,16,18,21-22,28,30H,2,5-6,9-12,14H2,1H3,(H,26,31)/t16-,18+,21-,22-/m0/s1. The number of aliphatic hydroxyl groups is 2. The number of amides is 2. The number of ketones is 1. The topological polar surface area (TPSA) is 125 Å². The lowest BCUT2D eigenvalue weighted by Gasteiger charge is -2.41. The van der Waals surface area contributed by atoms with Crippen LogP contribution in [0.25, 0.3) is 0 Å². The van der Waals surface area contributed by atoms with Crippen molar-refractivity contribution < 1.29 is 34.1 Å². The van der Waals surface area contributed by atoms with Crippen molar-refractivity contribution in [3.63, 3.8) is 0 Å². The summed E-state index contributed by atoms with van der Waals surface area (Å²) >= 11 is 2.12. The molecule has 1 aromatic carbocycles. The Morgan fingerprint density at radius 1 is 1.29 bits per heavy atom. The van der Waals surface area contributed by atoms with E-state index in [1.807, 2.05) is 12.1 Å². The highest BCUT2D eigenvalue weighted by atomic mass is 127. The molecule has 2 amide bonds. The van der Waals surface area contributed by atoms with Crippen molar-refractivity contribution in [2.45, 2.75) is 57.0 Å². The van der Waals surface area contributed by atoms with Crippen LogP contribution in [-0.2, 0) is 19.1 Å². The number of para-hydroxylation sites is 1. The quantitative estimate of drug-likeness (QED) is 0.278. The molecule has 1 aromatic rings. The summed E-state index contributed by atoms with van der Waals surface area (Å²) in [4.78, 5) is 39.6. The van der Waals surface area contributed by atoms with Gasteiger partial charge in [-0.3, -0.25) is 14.4 Å². The monoisotopic (exact) mass is 586 g/mol. The highest BCUT2D eigenvalue weighted by Crippen LogP contribution is 2.30. The van der Waals surface area contributed by atoms with Crippen LogP contribution in [0.2, 0.25) is 0 Å². The summed E-state index contributed by atoms with van der Waals surface area (Å²) in [7, 11) is 0. The zero-order valence-electron chi connectivity index (χ0n) is 19.1. The Hall–Kier alpha value is -2.02. The van der Waals surface area contributed by atoms with Gasteiger partial charge in [-0.05, 0) is 53.6 Å². The van der Waals surface area contributed by atoms with Crippen LogP contribution in [-0.4, -0.2) is 83.4 Å². The zero-order chi connectivity index (χ0) is 24.7. The number of benzene rings is 1. The van der Waals surface area contributed by atoms with Crippen LogP contribution in [0, 0.1) is 3.57 Å². The fourth-order valence-corrected chi connectivity index (χ4v) is 4.67. The molecule has 0 bridgehead atoms. The van der Waals surface area contributed by atoms with Crippen LogP contribution in [0.5, 0.6) is 5.75 Å². The minimum atomic E-state index is -1.18. The lowest BCUT2D eigenvalue weighted by Crippen LogP contribution is -2.57. The van der Waals surface area contributed by atoms with Gasteiger partial charge in [-0.2, -0.15) is 0 Å². The van der Waals surface area contributed by atoms with E-state index >= 15 is 0 Å². The molecule has 4 atom stereocenters. The Bertz CT molecular complexity index is 916. The van der Waals surface area contributed by atoms with Gasteiger partial charge < -0.3 is 29.9 Å². The largest absolute Gasteiger partial charge is 0.482 e. The van der Waals surface area contributed by atoms with E-state index in [9.17, 15) is 19.5 Å². The molecule has 0 unspecified atom stereocenters. The highest BCUT2D eigenvalue weighted by molar-refractivity contribution is 14.1. The number of ether oxygens (including phenoxy) is 2. The summed E-state index contributed by atoms with van der Waals surface area (Å²) in [5.74, 6) is -1.16. The first-order chi connectivity index (χ1) is 16.3. The molecule has 0 saturated carbocycles. The van der Waals surface area contributed by atoms with E-state index in [2.05, 4.69) is 27.9 Å². The molecule has 1 aliphatic heterocycles. The molecule has 1 saturated heterocycles. The van der Waals surface area contributed by atoms with Crippen molar-refractivity contribution in [3.8, 4) is 5.75 Å². The zero-order valence-corrected chi connectivity index (χ0v) is 21.3. The van der Waals surface area contributed by atoms with E-state index < -0.39 is 35.8 Å². The van der Waals surface area contributed by atoms with Gasteiger partial charge in [-0.15, -0.1) is 0 Å². The SMILES string of the molecule is CCC(=O)C(=O)N(C[C@@H]1CCCO1)[C@@H]1CC(C(=O)NCCO)=C[C@H](Oc2ccccc2I)[C@H]1O. The Morgan fingerprint density at radius 2 is 2.06 bits per heavy atom. The summed E-state index contributed by atoms with van der Waals surface area (Å²) in [6.45, 7) is 2.18. The van der Waals surface area contributed by atoms with Crippen LogP contribution in [0.4, 0.5) is 0 Å². The third kappa shape index (κ3) is 6.55. The van der Waals surface area contributed by atoms with E-state index in [0.29, 0.717) is 17.9 Å². The number of aliphatic hydroxyl groups excluding tert-OH is 2. The smallest absolute Gasteiger partial charge is 0.290 e. The molecule has 0 radical (unpaired) electrons. The summed E-state index contributed by atoms with van der Waals surface area (Å²) in [5.41, 5.74) is 0.314. The Labute approximate surface area is 212 Å². The Balaban J connectivity index is 1.94. The summed E-state index contributed by atoms with van der Waals surface area (Å²) < 4.78 is 12.6. The van der Waals surface area contributed by atoms with Crippen molar-refractivity contribution in [3.05, 3.63) is 39.5 Å². The maximum absolute atomic E-state index is 13.1. The predicted molar refractivity (Wildman–Crippen MR) is 132 cm³/mol. The number of hydrogen-bond donors (Lipinski definition) is 3. The summed E-state index contributed by atoms with van der Waals surface area (Å²) in [6.07, 6.45) is 0.871. The average Bonchev–Trinajstić information content (AvgIpc) is 3.36. The predicted octanol–water partition coefficient (Wildman–Crippen LogP) is 1.19. The molecule has 3 N–H and O–H groups in total. The molecule has 0 spiro atoms. The van der Waals surface area contributed by atoms with E-state index in [-0.39, 0.29) is 38.6 Å². The number of rotatable bonds is 10. The molecule has 0 aromatic heterocycles. The summed E-state index contributed by atoms with van der Waals surface area (Å²) in [5, 5.41) is 23.0. The third-order valence-electron chi connectivity index (χ3n) is 5.96. The van der Waals surface area contributed by atoms with Crippen molar-refractivity contribution in [2.75, 3.05) is 26.3 Å². The number of carbonyl (C=O) groups is 3. The van der Waals surface area contributed by atoms with Gasteiger partial charge in [-0.1, -0.05) is 19.1 Å². The maximum atomic E-state index is 13.1. The molecule has 1 aliphatic carbocycles. The first kappa shape index (κ1) is 26.6. The van der Waals surface area contributed by atoms with E-state index in [1.165, 1.54) is 4.90 Å². The molecular formula is C24H31IN2O7. The van der Waals surface area contributed by atoms with Gasteiger partial charge in [-0.25, -0.2) is 0 Å². The molecule has 1 fully saturated rings. The molecule has 186 valence electrons. The van der Waals surface area contributed by atoms with Gasteiger partial charge in [0.15, 0.2) is 0 Å². The van der Waals surface area contributed by atoms with Crippen LogP contribution in [0.15, 0.2) is 35.9 Å². The van der Waals surface area contributed by atoms with Crippen LogP contribution >= 0.6 is 22.6 Å². The van der Waals surface area contributed by atoms with E-state index in [4.69, 9.17) is 14.6 Å². The van der Waals surface area contributed by atoms with Gasteiger partial charge >= 0.3 is 0 Å². The van der Waals surface area contributed by atoms with Gasteiger partial charge in [0.25, 0.3) is 5.91 Å². The second kappa shape index (κ2) is 12.6. The minimum absolute atomic E-state index is 0.0332. The lowest BCUT2D eigenvalue weighted by molar-refractivity contribution is -0.150. The maximum Gasteiger partial charge on any atom is 0.290 e. The number of Topliss-reactive ketones (excluding diaryl/α,β-unsaturated/α-hetero) is 1. The van der Waals surface area contributed by atoms with E-state index in [1.54, 1.807) is 25.1 Å². The normalized spacial score (nSPS) is 24.3. The van der Waals surface area contributed by atoms with Gasteiger partial charge in [0.05, 0.1) is 22.3 Å². The second-order valence-electron chi connectivity index (χ2n) is 8.32. The highest BCUT2D eigenvalue weighted by Gasteiger charge is 2.42. The van der Waals surface area contributed by atoms with Crippen LogP contribution < -0.4 is 10.1 Å². The van der Waals surface area contributed by atoms with Gasteiger partial charge in [0.2, 0.25) is 11.7 Å². The fraction of sp³-hybridized carbons (Fsp3) is 0.542. The third-order valence-corrected chi connectivity index (χ3v) is 6.85. The van der Waals surface area contributed by atoms with Crippen molar-refractivity contribution in [2.24, 2.45) is 0 Å². The molecule has 3 rings (SSSR count). The number of nitrogens with zero attached hydrogens (tertiary/aromatic N) is 1. The summed E-state index contributed by atoms with van der Waals surface area (Å²) in [6, 6.07) is 6.41. The molecule has 34 heavy (non-hydrogen) atoms. The van der Waals surface area contributed by atoms with Gasteiger partial charge in [0, 0.05) is 38.1 Å². The average molecular weight is 586 g/mol. The Morgan fingerprint density at radius 3 is 2.71 bits per heavy atom. The van der Waals surface area contributed by atoms with E-state index in [0.717, 1.165) is 16.4 Å². The fourth-order valence-electron chi connectivity index (χ4n) is 4.15. The second-order valence-corrected chi connectivity index (χ2v) is 9.48. The van der Waals surface area contributed by atoms with Crippen LogP contribution in [0.1, 0.15) is 32.6 Å². The number of halogens is 1. The Kier molecular flexibility index (Phi) is 9.86. The molecule has 2 aliphatic rings. The number of hydrogen-bond acceptors (Lipinski definition) is 7. The first-order valence-electron chi connectivity index (χ1n) is 11.5. The van der Waals surface area contributed by atoms with Crippen molar-refractivity contribution in [1.29, 1.82) is 0 Å². The van der Waals surface area contributed by atoms with Crippen molar-refractivity contribution in [1.82, 2.24) is 10.2 Å². The van der Waals surface area contributed by atoms with Crippen molar-refractivity contribution >= 4 is 40.2 Å². The molecule has 1 heterocycles. The number of carbonyl (C=O) groups excluding carboxylic acids is 3. The minimum Gasteiger partial charge on any atom is -0.482 e. The lowest BCUT2D eigenvalue weighted by atomic mass is 9.87. The van der Waals surface area contributed by atoms with Crippen LogP contribution in [0.3, 0.4) is 0 Å².